The van der Waals surface area contributed by atoms with Crippen molar-refractivity contribution in [3.63, 3.8) is 0 Å². The molecule has 0 aromatic carbocycles. The lowest BCUT2D eigenvalue weighted by molar-refractivity contribution is -0.161. The maximum absolute atomic E-state index is 12.9. The molecular formula is C25H36O4. The van der Waals surface area contributed by atoms with E-state index in [1.165, 1.54) is 5.57 Å². The number of Topliss-reactive ketones (excluding diaryl/α,β-unsaturated/α-hetero) is 1. The van der Waals surface area contributed by atoms with E-state index in [2.05, 4.69) is 19.9 Å². The molecule has 0 spiro atoms. The first-order chi connectivity index (χ1) is 13.5. The van der Waals surface area contributed by atoms with Crippen LogP contribution in [0.25, 0.3) is 0 Å². The third-order valence-electron chi connectivity index (χ3n) is 9.43. The molecule has 0 aromatic rings. The normalized spacial score (nSPS) is 50.6. The number of rotatable bonds is 1. The van der Waals surface area contributed by atoms with E-state index >= 15 is 0 Å². The minimum Gasteiger partial charge on any atom is -0.462 e. The van der Waals surface area contributed by atoms with Crippen LogP contribution < -0.4 is 0 Å². The van der Waals surface area contributed by atoms with Crippen molar-refractivity contribution in [3.8, 4) is 0 Å². The lowest BCUT2D eigenvalue weighted by atomic mass is 9.46. The lowest BCUT2D eigenvalue weighted by Gasteiger charge is -2.58. The molecular weight excluding hydrogens is 364 g/mol. The SMILES string of the molecule is CC(C)(C)C(=O)O[C@@H]1CC[C@]2(C)C(=C[C@@H](O)[C@@H]3[C@H]4[C@H]5C[C@H]5C(=O)[C@]4(C)CC[C@H]32)C1. The molecule has 0 bridgehead atoms. The van der Waals surface area contributed by atoms with Gasteiger partial charge in [-0.25, -0.2) is 0 Å². The number of fused-ring (bicyclic) bond motifs is 7. The van der Waals surface area contributed by atoms with Crippen LogP contribution in [0.2, 0.25) is 0 Å². The molecule has 0 unspecified atom stereocenters. The Morgan fingerprint density at radius 1 is 1.17 bits per heavy atom. The van der Waals surface area contributed by atoms with Gasteiger partial charge in [0.25, 0.3) is 0 Å². The summed E-state index contributed by atoms with van der Waals surface area (Å²) >= 11 is 0. The van der Waals surface area contributed by atoms with Crippen LogP contribution in [0.4, 0.5) is 0 Å². The Balaban J connectivity index is 1.42. The van der Waals surface area contributed by atoms with Gasteiger partial charge in [0.2, 0.25) is 0 Å². The minimum atomic E-state index is -0.490. The fourth-order valence-electron chi connectivity index (χ4n) is 7.69. The average molecular weight is 401 g/mol. The Kier molecular flexibility index (Phi) is 4.07. The topological polar surface area (TPSA) is 63.6 Å². The second-order valence-corrected chi connectivity index (χ2v) is 12.2. The average Bonchev–Trinajstić information content (AvgIpc) is 3.37. The van der Waals surface area contributed by atoms with Crippen LogP contribution in [0, 0.1) is 45.8 Å². The maximum atomic E-state index is 12.9. The highest BCUT2D eigenvalue weighted by Crippen LogP contribution is 2.71. The first kappa shape index (κ1) is 19.8. The first-order valence-corrected chi connectivity index (χ1v) is 11.6. The van der Waals surface area contributed by atoms with Gasteiger partial charge in [-0.15, -0.1) is 0 Å². The van der Waals surface area contributed by atoms with Crippen LogP contribution in [-0.4, -0.2) is 29.1 Å². The summed E-state index contributed by atoms with van der Waals surface area (Å²) in [5.41, 5.74) is 0.642. The zero-order valence-corrected chi connectivity index (χ0v) is 18.5. The highest BCUT2D eigenvalue weighted by molar-refractivity contribution is 5.92. The summed E-state index contributed by atoms with van der Waals surface area (Å²) in [7, 11) is 0. The van der Waals surface area contributed by atoms with Gasteiger partial charge in [0.15, 0.2) is 0 Å². The van der Waals surface area contributed by atoms with E-state index < -0.39 is 11.5 Å². The van der Waals surface area contributed by atoms with Crippen molar-refractivity contribution < 1.29 is 19.4 Å². The Hall–Kier alpha value is -1.16. The van der Waals surface area contributed by atoms with Crippen LogP contribution >= 0.6 is 0 Å². The summed E-state index contributed by atoms with van der Waals surface area (Å²) in [6, 6.07) is 0. The molecule has 4 fully saturated rings. The van der Waals surface area contributed by atoms with E-state index in [1.54, 1.807) is 0 Å². The standard InChI is InChI=1S/C25H36O4/c1-23(2,3)22(28)29-14-6-8-24(4)13(10-14)11-18(26)19-17(24)7-9-25(5)20(19)15-12-16(15)21(25)27/h11,14-20,26H,6-10,12H2,1-5H3/t14-,15+,16-,17-,18-,19-,20-,24-,25-/m1/s1. The van der Waals surface area contributed by atoms with Crippen molar-refractivity contribution in [1.82, 2.24) is 0 Å². The summed E-state index contributed by atoms with van der Waals surface area (Å²) in [5.74, 6) is 2.12. The minimum absolute atomic E-state index is 0.0614. The number of ketones is 1. The fraction of sp³-hybridized carbons (Fsp3) is 0.840. The van der Waals surface area contributed by atoms with Gasteiger partial charge in [0.1, 0.15) is 11.9 Å². The van der Waals surface area contributed by atoms with Gasteiger partial charge in [0.05, 0.1) is 11.5 Å². The van der Waals surface area contributed by atoms with Crippen molar-refractivity contribution in [2.24, 2.45) is 45.8 Å². The molecule has 5 aliphatic carbocycles. The molecule has 160 valence electrons. The number of aliphatic hydroxyl groups is 1. The largest absolute Gasteiger partial charge is 0.462 e. The lowest BCUT2D eigenvalue weighted by Crippen LogP contribution is -2.56. The zero-order chi connectivity index (χ0) is 20.9. The molecule has 4 nitrogen and oxygen atoms in total. The quantitative estimate of drug-likeness (QED) is 0.526. The summed E-state index contributed by atoms with van der Waals surface area (Å²) < 4.78 is 5.84. The fourth-order valence-corrected chi connectivity index (χ4v) is 7.69. The molecule has 9 atom stereocenters. The molecule has 29 heavy (non-hydrogen) atoms. The number of carbonyl (C=O) groups excluding carboxylic acids is 2. The van der Waals surface area contributed by atoms with Gasteiger partial charge < -0.3 is 9.84 Å². The molecule has 0 saturated heterocycles. The van der Waals surface area contributed by atoms with E-state index in [1.807, 2.05) is 20.8 Å². The summed E-state index contributed by atoms with van der Waals surface area (Å²) in [6.45, 7) is 10.2. The Morgan fingerprint density at radius 3 is 2.55 bits per heavy atom. The number of esters is 1. The van der Waals surface area contributed by atoms with Crippen molar-refractivity contribution in [1.29, 1.82) is 0 Å². The van der Waals surface area contributed by atoms with Crippen molar-refractivity contribution in [2.75, 3.05) is 0 Å². The Morgan fingerprint density at radius 2 is 1.86 bits per heavy atom. The Bertz CT molecular complexity index is 791. The van der Waals surface area contributed by atoms with Crippen LogP contribution in [0.5, 0.6) is 0 Å². The molecule has 0 aromatic heterocycles. The summed E-state index contributed by atoms with van der Waals surface area (Å²) in [6.07, 6.45) is 7.21. The van der Waals surface area contributed by atoms with E-state index in [9.17, 15) is 14.7 Å². The number of carbonyl (C=O) groups is 2. The van der Waals surface area contributed by atoms with Gasteiger partial charge in [0, 0.05) is 17.8 Å². The van der Waals surface area contributed by atoms with Gasteiger partial charge >= 0.3 is 5.97 Å². The second kappa shape index (κ2) is 5.96. The first-order valence-electron chi connectivity index (χ1n) is 11.6. The van der Waals surface area contributed by atoms with E-state index in [0.717, 1.165) is 38.5 Å². The smallest absolute Gasteiger partial charge is 0.311 e. The second-order valence-electron chi connectivity index (χ2n) is 12.2. The number of aliphatic hydroxyl groups excluding tert-OH is 1. The Labute approximate surface area is 174 Å². The van der Waals surface area contributed by atoms with Gasteiger partial charge in [-0.1, -0.05) is 25.5 Å². The third-order valence-corrected chi connectivity index (χ3v) is 9.43. The monoisotopic (exact) mass is 400 g/mol. The molecule has 0 amide bonds. The molecule has 4 saturated carbocycles. The maximum Gasteiger partial charge on any atom is 0.311 e. The van der Waals surface area contributed by atoms with E-state index in [0.29, 0.717) is 23.5 Å². The molecule has 5 aliphatic rings. The van der Waals surface area contributed by atoms with Crippen LogP contribution in [0.3, 0.4) is 0 Å². The van der Waals surface area contributed by atoms with Crippen LogP contribution in [0.1, 0.15) is 73.1 Å². The predicted molar refractivity (Wildman–Crippen MR) is 110 cm³/mol. The summed E-state index contributed by atoms with van der Waals surface area (Å²) in [4.78, 5) is 25.3. The van der Waals surface area contributed by atoms with Crippen LogP contribution in [-0.2, 0) is 14.3 Å². The zero-order valence-electron chi connectivity index (χ0n) is 18.5. The third kappa shape index (κ3) is 2.66. The van der Waals surface area contributed by atoms with Gasteiger partial charge in [-0.05, 0) is 82.0 Å². The molecule has 0 aliphatic heterocycles. The van der Waals surface area contributed by atoms with Crippen LogP contribution in [0.15, 0.2) is 11.6 Å². The molecule has 5 rings (SSSR count). The van der Waals surface area contributed by atoms with Crippen molar-refractivity contribution in [3.05, 3.63) is 11.6 Å². The van der Waals surface area contributed by atoms with Gasteiger partial charge in [-0.3, -0.25) is 9.59 Å². The predicted octanol–water partition coefficient (Wildman–Crippen LogP) is 4.30. The van der Waals surface area contributed by atoms with E-state index in [-0.39, 0.29) is 34.7 Å². The number of ether oxygens (including phenoxy) is 1. The highest BCUT2D eigenvalue weighted by atomic mass is 16.5. The molecule has 0 radical (unpaired) electrons. The number of hydrogen-bond donors (Lipinski definition) is 1. The molecule has 1 N–H and O–H groups in total. The van der Waals surface area contributed by atoms with Gasteiger partial charge in [-0.2, -0.15) is 0 Å². The molecule has 4 heteroatoms. The van der Waals surface area contributed by atoms with Crippen molar-refractivity contribution >= 4 is 11.8 Å². The molecule has 0 heterocycles. The highest BCUT2D eigenvalue weighted by Gasteiger charge is 2.71. The van der Waals surface area contributed by atoms with E-state index in [4.69, 9.17) is 4.74 Å². The number of hydrogen-bond acceptors (Lipinski definition) is 4. The van der Waals surface area contributed by atoms with Crippen molar-refractivity contribution in [2.45, 2.75) is 85.4 Å². The summed E-state index contributed by atoms with van der Waals surface area (Å²) in [5, 5.41) is 11.2.